The van der Waals surface area contributed by atoms with Gasteiger partial charge in [-0.2, -0.15) is 0 Å². The largest absolute Gasteiger partial charge is 0.469 e. The van der Waals surface area contributed by atoms with Gasteiger partial charge in [-0.3, -0.25) is 4.79 Å². The van der Waals surface area contributed by atoms with Gasteiger partial charge in [0.05, 0.1) is 19.3 Å². The second kappa shape index (κ2) is 13.0. The number of alkyl halides is 1. The number of carbonyl (C=O) groups is 1. The van der Waals surface area contributed by atoms with Crippen molar-refractivity contribution in [1.82, 2.24) is 0 Å². The lowest BCUT2D eigenvalue weighted by atomic mass is 9.82. The normalized spacial score (nSPS) is 27.4. The predicted molar refractivity (Wildman–Crippen MR) is 129 cm³/mol. The molecule has 32 heavy (non-hydrogen) atoms. The smallest absolute Gasteiger partial charge is 0.305 e. The summed E-state index contributed by atoms with van der Waals surface area (Å²) in [7, 11) is 1.43. The molecule has 0 radical (unpaired) electrons. The fourth-order valence-electron chi connectivity index (χ4n) is 5.81. The first-order valence-corrected chi connectivity index (χ1v) is 13.1. The summed E-state index contributed by atoms with van der Waals surface area (Å²) in [6, 6.07) is 8.26. The summed E-state index contributed by atoms with van der Waals surface area (Å²) in [5.74, 6) is 0.809. The van der Waals surface area contributed by atoms with Crippen LogP contribution in [0.1, 0.15) is 107 Å². The second-order valence-corrected chi connectivity index (χ2v) is 10.5. The van der Waals surface area contributed by atoms with Gasteiger partial charge in [-0.15, -0.1) is 11.6 Å². The van der Waals surface area contributed by atoms with Crippen molar-refractivity contribution in [3.8, 4) is 0 Å². The molecule has 4 nitrogen and oxygen atoms in total. The van der Waals surface area contributed by atoms with Crippen LogP contribution in [0.2, 0.25) is 0 Å². The molecule has 180 valence electrons. The van der Waals surface area contributed by atoms with Gasteiger partial charge in [0.1, 0.15) is 0 Å². The number of benzene rings is 1. The lowest BCUT2D eigenvalue weighted by molar-refractivity contribution is -0.140. The highest BCUT2D eigenvalue weighted by atomic mass is 35.5. The van der Waals surface area contributed by atoms with Crippen LogP contribution in [0.25, 0.3) is 0 Å². The second-order valence-electron chi connectivity index (χ2n) is 9.96. The highest BCUT2D eigenvalue weighted by molar-refractivity contribution is 6.21. The van der Waals surface area contributed by atoms with Crippen LogP contribution in [0, 0.1) is 11.8 Å². The minimum Gasteiger partial charge on any atom is -0.469 e. The standard InChI is InChI=1S/C27H41ClO4/c1-32-26(31)12-8-3-2-7-11-22-23(28)18-25(30)27(22)21-15-13-20(14-16-21)24(29)17-19-9-5-4-6-10-19/h13-16,19,22-25,27,29-30H,2-12,17-18H2,1H3/t22-,23+,24?,25+,27+/m0/s1. The van der Waals surface area contributed by atoms with E-state index in [-0.39, 0.29) is 23.2 Å². The van der Waals surface area contributed by atoms with Gasteiger partial charge in [0.25, 0.3) is 0 Å². The van der Waals surface area contributed by atoms with Crippen LogP contribution >= 0.6 is 11.6 Å². The van der Waals surface area contributed by atoms with E-state index in [1.54, 1.807) is 0 Å². The molecule has 1 aromatic rings. The Morgan fingerprint density at radius 1 is 1.09 bits per heavy atom. The van der Waals surface area contributed by atoms with Gasteiger partial charge in [-0.25, -0.2) is 0 Å². The first-order chi connectivity index (χ1) is 15.5. The van der Waals surface area contributed by atoms with Crippen LogP contribution in [0.15, 0.2) is 24.3 Å². The number of unbranched alkanes of at least 4 members (excludes halogenated alkanes) is 3. The van der Waals surface area contributed by atoms with Crippen molar-refractivity contribution in [1.29, 1.82) is 0 Å². The summed E-state index contributed by atoms with van der Waals surface area (Å²) >= 11 is 6.65. The van der Waals surface area contributed by atoms with Crippen molar-refractivity contribution in [2.45, 2.75) is 107 Å². The first-order valence-electron chi connectivity index (χ1n) is 12.7. The number of methoxy groups -OCH3 is 1. The Morgan fingerprint density at radius 2 is 1.78 bits per heavy atom. The molecule has 2 N–H and O–H groups in total. The molecular formula is C27H41ClO4. The van der Waals surface area contributed by atoms with Crippen molar-refractivity contribution < 1.29 is 19.7 Å². The van der Waals surface area contributed by atoms with Crippen LogP contribution < -0.4 is 0 Å². The molecule has 0 saturated heterocycles. The third kappa shape index (κ3) is 7.20. The summed E-state index contributed by atoms with van der Waals surface area (Å²) in [5.41, 5.74) is 2.11. The minimum atomic E-state index is -0.417. The first kappa shape index (κ1) is 25.5. The van der Waals surface area contributed by atoms with E-state index in [1.807, 2.05) is 12.1 Å². The third-order valence-corrected chi connectivity index (χ3v) is 8.19. The highest BCUT2D eigenvalue weighted by Crippen LogP contribution is 2.45. The van der Waals surface area contributed by atoms with E-state index < -0.39 is 12.2 Å². The SMILES string of the molecule is COC(=O)CCCCCC[C@@H]1[C@@H](c2ccc(C(O)CC3CCCCC3)cc2)[C@H](O)C[C@H]1Cl. The van der Waals surface area contributed by atoms with Crippen LogP contribution in [0.3, 0.4) is 0 Å². The molecule has 5 atom stereocenters. The Bertz CT molecular complexity index is 685. The van der Waals surface area contributed by atoms with E-state index in [4.69, 9.17) is 11.6 Å². The van der Waals surface area contributed by atoms with Crippen LogP contribution in [0.4, 0.5) is 0 Å². The topological polar surface area (TPSA) is 66.8 Å². The number of halogens is 1. The third-order valence-electron chi connectivity index (χ3n) is 7.69. The van der Waals surface area contributed by atoms with E-state index in [0.29, 0.717) is 18.8 Å². The average Bonchev–Trinajstić information content (AvgIpc) is 3.09. The van der Waals surface area contributed by atoms with E-state index in [9.17, 15) is 15.0 Å². The Hall–Kier alpha value is -1.10. The maximum absolute atomic E-state index is 11.2. The summed E-state index contributed by atoms with van der Waals surface area (Å²) in [4.78, 5) is 11.2. The van der Waals surface area contributed by atoms with Gasteiger partial charge >= 0.3 is 5.97 Å². The number of hydrogen-bond donors (Lipinski definition) is 2. The quantitative estimate of drug-likeness (QED) is 0.230. The summed E-state index contributed by atoms with van der Waals surface area (Å²) < 4.78 is 4.69. The van der Waals surface area contributed by atoms with Crippen LogP contribution in [-0.4, -0.2) is 34.8 Å². The number of carbonyl (C=O) groups excluding carboxylic acids is 1. The summed E-state index contributed by atoms with van der Waals surface area (Å²) in [6.07, 6.45) is 12.5. The average molecular weight is 465 g/mol. The molecule has 0 amide bonds. The zero-order valence-corrected chi connectivity index (χ0v) is 20.3. The molecule has 2 saturated carbocycles. The van der Waals surface area contributed by atoms with E-state index in [0.717, 1.165) is 49.7 Å². The molecule has 2 aliphatic carbocycles. The maximum atomic E-state index is 11.2. The molecule has 1 aromatic carbocycles. The van der Waals surface area contributed by atoms with Crippen LogP contribution in [-0.2, 0) is 9.53 Å². The van der Waals surface area contributed by atoms with Gasteiger partial charge in [-0.05, 0) is 48.6 Å². The molecule has 2 aliphatic rings. The lowest BCUT2D eigenvalue weighted by Gasteiger charge is -2.26. The number of ether oxygens (including phenoxy) is 1. The lowest BCUT2D eigenvalue weighted by Crippen LogP contribution is -2.19. The molecule has 0 bridgehead atoms. The zero-order valence-electron chi connectivity index (χ0n) is 19.6. The molecule has 0 aromatic heterocycles. The number of hydrogen-bond acceptors (Lipinski definition) is 4. The molecule has 5 heteroatoms. The van der Waals surface area contributed by atoms with Crippen molar-refractivity contribution in [2.75, 3.05) is 7.11 Å². The summed E-state index contributed by atoms with van der Waals surface area (Å²) in [6.45, 7) is 0. The van der Waals surface area contributed by atoms with Gasteiger partial charge in [0.2, 0.25) is 0 Å². The van der Waals surface area contributed by atoms with Gasteiger partial charge in [-0.1, -0.05) is 75.6 Å². The molecule has 3 rings (SSSR count). The van der Waals surface area contributed by atoms with E-state index in [1.165, 1.54) is 39.2 Å². The highest BCUT2D eigenvalue weighted by Gasteiger charge is 2.41. The Kier molecular flexibility index (Phi) is 10.3. The Morgan fingerprint density at radius 3 is 2.47 bits per heavy atom. The van der Waals surface area contributed by atoms with E-state index >= 15 is 0 Å². The number of rotatable bonds is 11. The number of aliphatic hydroxyl groups excluding tert-OH is 2. The molecule has 2 fully saturated rings. The Balaban J connectivity index is 1.51. The zero-order chi connectivity index (χ0) is 22.9. The fourth-order valence-corrected chi connectivity index (χ4v) is 6.28. The number of aliphatic hydroxyl groups is 2. The molecule has 1 unspecified atom stereocenters. The molecule has 0 aliphatic heterocycles. The van der Waals surface area contributed by atoms with Crippen molar-refractivity contribution in [3.63, 3.8) is 0 Å². The minimum absolute atomic E-state index is 0.0124. The Labute approximate surface area is 198 Å². The van der Waals surface area contributed by atoms with Crippen molar-refractivity contribution in [2.24, 2.45) is 11.8 Å². The fraction of sp³-hybridized carbons (Fsp3) is 0.741. The van der Waals surface area contributed by atoms with Gasteiger partial charge < -0.3 is 14.9 Å². The van der Waals surface area contributed by atoms with Crippen LogP contribution in [0.5, 0.6) is 0 Å². The van der Waals surface area contributed by atoms with E-state index in [2.05, 4.69) is 16.9 Å². The molecule has 0 spiro atoms. The van der Waals surface area contributed by atoms with Gasteiger partial charge in [0, 0.05) is 17.7 Å². The van der Waals surface area contributed by atoms with Gasteiger partial charge in [0.15, 0.2) is 0 Å². The van der Waals surface area contributed by atoms with Crippen molar-refractivity contribution >= 4 is 17.6 Å². The summed E-state index contributed by atoms with van der Waals surface area (Å²) in [5, 5.41) is 21.4. The maximum Gasteiger partial charge on any atom is 0.305 e. The monoisotopic (exact) mass is 464 g/mol. The molecular weight excluding hydrogens is 424 g/mol. The number of esters is 1. The van der Waals surface area contributed by atoms with Crippen molar-refractivity contribution in [3.05, 3.63) is 35.4 Å². The molecule has 0 heterocycles. The predicted octanol–water partition coefficient (Wildman–Crippen LogP) is 6.28.